The van der Waals surface area contributed by atoms with E-state index in [1.807, 2.05) is 35.9 Å². The normalized spacial score (nSPS) is 11.1. The van der Waals surface area contributed by atoms with Gasteiger partial charge in [0, 0.05) is 12.4 Å². The highest BCUT2D eigenvalue weighted by Crippen LogP contribution is 2.24. The molecule has 0 atom stereocenters. The van der Waals surface area contributed by atoms with Crippen LogP contribution in [-0.4, -0.2) is 20.4 Å². The van der Waals surface area contributed by atoms with Crippen LogP contribution in [0.2, 0.25) is 0 Å². The number of primary amides is 1. The minimum Gasteiger partial charge on any atom is -0.364 e. The van der Waals surface area contributed by atoms with Crippen molar-refractivity contribution < 1.29 is 4.79 Å². The molecular weight excluding hydrogens is 216 g/mol. The first-order valence-corrected chi connectivity index (χ1v) is 5.18. The predicted octanol–water partition coefficient (Wildman–Crippen LogP) is 1.22. The first-order valence-electron chi connectivity index (χ1n) is 5.18. The van der Waals surface area contributed by atoms with Crippen LogP contribution in [0.4, 0.5) is 0 Å². The van der Waals surface area contributed by atoms with E-state index >= 15 is 0 Å². The van der Waals surface area contributed by atoms with Gasteiger partial charge in [0.25, 0.3) is 5.91 Å². The molecule has 5 nitrogen and oxygen atoms in total. The van der Waals surface area contributed by atoms with Crippen LogP contribution in [0.15, 0.2) is 30.6 Å². The lowest BCUT2D eigenvalue weighted by Gasteiger charge is -2.04. The number of nitrogens with two attached hydrogens (primary N) is 1. The summed E-state index contributed by atoms with van der Waals surface area (Å²) in [5.74, 6) is -0.556. The average molecular weight is 226 g/mol. The molecular formula is C12H10N4O. The third-order valence-corrected chi connectivity index (χ3v) is 2.79. The van der Waals surface area contributed by atoms with Gasteiger partial charge in [0.1, 0.15) is 5.52 Å². The van der Waals surface area contributed by atoms with Gasteiger partial charge in [0.2, 0.25) is 0 Å². The van der Waals surface area contributed by atoms with Crippen molar-refractivity contribution in [3.05, 3.63) is 36.3 Å². The summed E-state index contributed by atoms with van der Waals surface area (Å²) in [6.45, 7) is 0. The molecule has 0 unspecified atom stereocenters. The minimum atomic E-state index is -0.556. The Morgan fingerprint density at radius 1 is 1.35 bits per heavy atom. The monoisotopic (exact) mass is 226 g/mol. The Kier molecular flexibility index (Phi) is 1.89. The van der Waals surface area contributed by atoms with Crippen molar-refractivity contribution in [3.63, 3.8) is 0 Å². The highest BCUT2D eigenvalue weighted by atomic mass is 16.1. The van der Waals surface area contributed by atoms with E-state index in [0.717, 1.165) is 16.4 Å². The number of aryl methyl sites for hydroxylation is 1. The molecule has 2 heterocycles. The second-order valence-corrected chi connectivity index (χ2v) is 3.89. The number of hydrogen-bond donors (Lipinski definition) is 1. The van der Waals surface area contributed by atoms with Gasteiger partial charge in [-0.25, -0.2) is 9.97 Å². The number of aromatic nitrogens is 3. The molecule has 0 saturated heterocycles. The number of benzene rings is 1. The number of fused-ring (bicyclic) bond motifs is 3. The molecule has 0 aliphatic heterocycles. The maximum Gasteiger partial charge on any atom is 0.269 e. The van der Waals surface area contributed by atoms with Crippen molar-refractivity contribution in [1.82, 2.24) is 14.5 Å². The number of amides is 1. The Labute approximate surface area is 96.9 Å². The van der Waals surface area contributed by atoms with E-state index in [4.69, 9.17) is 5.73 Å². The topological polar surface area (TPSA) is 73.8 Å². The van der Waals surface area contributed by atoms with Gasteiger partial charge in [-0.2, -0.15) is 0 Å². The molecule has 0 aliphatic rings. The third-order valence-electron chi connectivity index (χ3n) is 2.79. The molecule has 0 bridgehead atoms. The van der Waals surface area contributed by atoms with Gasteiger partial charge < -0.3 is 10.3 Å². The first-order chi connectivity index (χ1) is 8.18. The number of imidazole rings is 1. The predicted molar refractivity (Wildman–Crippen MR) is 64.5 cm³/mol. The van der Waals surface area contributed by atoms with Gasteiger partial charge >= 0.3 is 0 Å². The van der Waals surface area contributed by atoms with E-state index in [2.05, 4.69) is 9.97 Å². The second kappa shape index (κ2) is 3.28. The van der Waals surface area contributed by atoms with Crippen LogP contribution in [0.1, 0.15) is 10.5 Å². The first kappa shape index (κ1) is 9.77. The van der Waals surface area contributed by atoms with Crippen LogP contribution in [0.3, 0.4) is 0 Å². The number of nitrogens with zero attached hydrogens (tertiary/aromatic N) is 3. The van der Waals surface area contributed by atoms with Crippen molar-refractivity contribution in [1.29, 1.82) is 0 Å². The number of carbonyl (C=O) groups is 1. The molecule has 0 saturated carbocycles. The SMILES string of the molecule is Cn1cnc2c(C(N)=O)nc3ccccc3c21. The maximum atomic E-state index is 11.4. The van der Waals surface area contributed by atoms with Gasteiger partial charge in [-0.15, -0.1) is 0 Å². The number of pyridine rings is 1. The molecule has 1 amide bonds. The van der Waals surface area contributed by atoms with E-state index < -0.39 is 5.91 Å². The third kappa shape index (κ3) is 1.29. The molecule has 0 aliphatic carbocycles. The largest absolute Gasteiger partial charge is 0.364 e. The van der Waals surface area contributed by atoms with Crippen molar-refractivity contribution in [3.8, 4) is 0 Å². The summed E-state index contributed by atoms with van der Waals surface area (Å²) in [4.78, 5) is 19.8. The minimum absolute atomic E-state index is 0.222. The Morgan fingerprint density at radius 3 is 2.88 bits per heavy atom. The molecule has 17 heavy (non-hydrogen) atoms. The molecule has 2 aromatic heterocycles. The molecule has 5 heteroatoms. The zero-order valence-electron chi connectivity index (χ0n) is 9.21. The van der Waals surface area contributed by atoms with Crippen LogP contribution in [0.5, 0.6) is 0 Å². The van der Waals surface area contributed by atoms with Crippen LogP contribution in [0.25, 0.3) is 21.9 Å². The van der Waals surface area contributed by atoms with E-state index in [1.165, 1.54) is 0 Å². The summed E-state index contributed by atoms with van der Waals surface area (Å²) in [5.41, 5.74) is 7.73. The molecule has 84 valence electrons. The number of rotatable bonds is 1. The highest BCUT2D eigenvalue weighted by Gasteiger charge is 2.15. The molecule has 0 radical (unpaired) electrons. The average Bonchev–Trinajstić information content (AvgIpc) is 2.71. The zero-order valence-corrected chi connectivity index (χ0v) is 9.21. The fourth-order valence-corrected chi connectivity index (χ4v) is 2.04. The van der Waals surface area contributed by atoms with Crippen LogP contribution in [-0.2, 0) is 7.05 Å². The quantitative estimate of drug-likeness (QED) is 0.678. The summed E-state index contributed by atoms with van der Waals surface area (Å²) in [6.07, 6.45) is 1.66. The van der Waals surface area contributed by atoms with E-state index in [9.17, 15) is 4.79 Å². The molecule has 0 spiro atoms. The van der Waals surface area contributed by atoms with E-state index in [1.54, 1.807) is 6.33 Å². The Hall–Kier alpha value is -2.43. The van der Waals surface area contributed by atoms with E-state index in [-0.39, 0.29) is 5.69 Å². The molecule has 3 rings (SSSR count). The molecule has 0 fully saturated rings. The summed E-state index contributed by atoms with van der Waals surface area (Å²) in [6, 6.07) is 7.62. The summed E-state index contributed by atoms with van der Waals surface area (Å²) in [5, 5.41) is 0.965. The second-order valence-electron chi connectivity index (χ2n) is 3.89. The summed E-state index contributed by atoms with van der Waals surface area (Å²) >= 11 is 0. The van der Waals surface area contributed by atoms with E-state index in [0.29, 0.717) is 5.52 Å². The highest BCUT2D eigenvalue weighted by molar-refractivity contribution is 6.11. The standard InChI is InChI=1S/C12H10N4O/c1-16-6-14-9-10(12(13)17)15-8-5-3-2-4-7(8)11(9)16/h2-6H,1H3,(H2,13,17). The zero-order chi connectivity index (χ0) is 12.0. The van der Waals surface area contributed by atoms with Crippen molar-refractivity contribution in [2.24, 2.45) is 12.8 Å². The molecule has 1 aromatic carbocycles. The van der Waals surface area contributed by atoms with Crippen molar-refractivity contribution >= 4 is 27.8 Å². The summed E-state index contributed by atoms with van der Waals surface area (Å²) in [7, 11) is 1.88. The number of carbonyl (C=O) groups excluding carboxylic acids is 1. The number of para-hydroxylation sites is 1. The number of hydrogen-bond acceptors (Lipinski definition) is 3. The lowest BCUT2D eigenvalue weighted by molar-refractivity contribution is 0.0997. The Balaban J connectivity index is 2.61. The Morgan fingerprint density at radius 2 is 2.12 bits per heavy atom. The van der Waals surface area contributed by atoms with Gasteiger partial charge in [0.15, 0.2) is 5.69 Å². The van der Waals surface area contributed by atoms with Gasteiger partial charge in [-0.05, 0) is 6.07 Å². The lowest BCUT2D eigenvalue weighted by atomic mass is 10.1. The van der Waals surface area contributed by atoms with Gasteiger partial charge in [-0.3, -0.25) is 4.79 Å². The fourth-order valence-electron chi connectivity index (χ4n) is 2.04. The van der Waals surface area contributed by atoms with Crippen LogP contribution in [0, 0.1) is 0 Å². The fraction of sp³-hybridized carbons (Fsp3) is 0.0833. The van der Waals surface area contributed by atoms with Crippen LogP contribution < -0.4 is 5.73 Å². The molecule has 2 N–H and O–H groups in total. The van der Waals surface area contributed by atoms with Crippen molar-refractivity contribution in [2.45, 2.75) is 0 Å². The summed E-state index contributed by atoms with van der Waals surface area (Å²) < 4.78 is 1.87. The smallest absolute Gasteiger partial charge is 0.269 e. The maximum absolute atomic E-state index is 11.4. The Bertz CT molecular complexity index is 745. The lowest BCUT2D eigenvalue weighted by Crippen LogP contribution is -2.14. The van der Waals surface area contributed by atoms with Crippen LogP contribution >= 0.6 is 0 Å². The molecule has 3 aromatic rings. The van der Waals surface area contributed by atoms with Gasteiger partial charge in [-0.1, -0.05) is 18.2 Å². The van der Waals surface area contributed by atoms with Gasteiger partial charge in [0.05, 0.1) is 17.4 Å². The van der Waals surface area contributed by atoms with Crippen molar-refractivity contribution in [2.75, 3.05) is 0 Å².